The molecule has 0 aromatic heterocycles. The molecule has 0 N–H and O–H groups in total. The molecule has 6 aromatic carbocycles. The van der Waals surface area contributed by atoms with Crippen molar-refractivity contribution >= 4 is 45.4 Å². The zero-order valence-electron chi connectivity index (χ0n) is 22.7. The van der Waals surface area contributed by atoms with Crippen LogP contribution >= 0.6 is 0 Å². The average molecular weight is 579 g/mol. The van der Waals surface area contributed by atoms with Gasteiger partial charge in [0.05, 0.1) is 22.3 Å². The molecule has 0 saturated carbocycles. The quantitative estimate of drug-likeness (QED) is 0.150. The molecular formula is C36H18O8. The predicted octanol–water partition coefficient (Wildman–Crippen LogP) is 7.87. The minimum atomic E-state index is -0.723. The van der Waals surface area contributed by atoms with Gasteiger partial charge in [0, 0.05) is 11.1 Å². The molecule has 8 nitrogen and oxygen atoms in total. The van der Waals surface area contributed by atoms with E-state index in [-0.39, 0.29) is 22.3 Å². The first kappa shape index (κ1) is 25.4. The van der Waals surface area contributed by atoms with Gasteiger partial charge in [-0.3, -0.25) is 0 Å². The van der Waals surface area contributed by atoms with Gasteiger partial charge < -0.3 is 18.9 Å². The van der Waals surface area contributed by atoms with Crippen LogP contribution in [0, 0.1) is 0 Å². The van der Waals surface area contributed by atoms with Gasteiger partial charge in [-0.25, -0.2) is 19.2 Å². The summed E-state index contributed by atoms with van der Waals surface area (Å²) >= 11 is 0. The van der Waals surface area contributed by atoms with Gasteiger partial charge in [0.15, 0.2) is 0 Å². The molecule has 0 aliphatic carbocycles. The first-order chi connectivity index (χ1) is 21.4. The number of benzene rings is 6. The Morgan fingerprint density at radius 2 is 0.818 bits per heavy atom. The summed E-state index contributed by atoms with van der Waals surface area (Å²) in [5.41, 5.74) is 2.10. The summed E-state index contributed by atoms with van der Waals surface area (Å²) < 4.78 is 22.4. The van der Waals surface area contributed by atoms with Crippen LogP contribution in [0.3, 0.4) is 0 Å². The van der Waals surface area contributed by atoms with E-state index in [1.165, 1.54) is 24.3 Å². The van der Waals surface area contributed by atoms with E-state index in [1.807, 2.05) is 72.8 Å². The molecule has 0 fully saturated rings. The Bertz CT molecular complexity index is 2100. The van der Waals surface area contributed by atoms with Gasteiger partial charge in [-0.15, -0.1) is 0 Å². The van der Waals surface area contributed by atoms with Crippen LogP contribution in [-0.4, -0.2) is 23.9 Å². The summed E-state index contributed by atoms with van der Waals surface area (Å²) in [5, 5.41) is 3.67. The maximum atomic E-state index is 12.3. The number of hydrogen-bond donors (Lipinski definition) is 0. The maximum Gasteiger partial charge on any atom is 0.347 e. The lowest BCUT2D eigenvalue weighted by atomic mass is 9.92. The summed E-state index contributed by atoms with van der Waals surface area (Å²) in [4.78, 5) is 48.5. The van der Waals surface area contributed by atoms with Gasteiger partial charge in [0.1, 0.15) is 23.0 Å². The van der Waals surface area contributed by atoms with Crippen molar-refractivity contribution in [2.75, 3.05) is 0 Å². The van der Waals surface area contributed by atoms with E-state index >= 15 is 0 Å². The number of rotatable bonds is 5. The zero-order chi connectivity index (χ0) is 29.9. The molecular weight excluding hydrogens is 560 g/mol. The van der Waals surface area contributed by atoms with E-state index in [4.69, 9.17) is 18.9 Å². The number of ether oxygens (including phenoxy) is 4. The highest BCUT2D eigenvalue weighted by atomic mass is 16.6. The van der Waals surface area contributed by atoms with Crippen molar-refractivity contribution in [1.29, 1.82) is 0 Å². The Morgan fingerprint density at radius 1 is 0.409 bits per heavy atom. The van der Waals surface area contributed by atoms with E-state index in [1.54, 1.807) is 12.1 Å². The lowest BCUT2D eigenvalue weighted by Gasteiger charge is -2.20. The van der Waals surface area contributed by atoms with Crippen molar-refractivity contribution < 1.29 is 38.1 Å². The van der Waals surface area contributed by atoms with Crippen LogP contribution in [0.5, 0.6) is 23.0 Å². The number of cyclic esters (lactones) is 4. The van der Waals surface area contributed by atoms with Crippen molar-refractivity contribution in [3.05, 3.63) is 131 Å². The Kier molecular flexibility index (Phi) is 5.57. The van der Waals surface area contributed by atoms with E-state index in [0.29, 0.717) is 23.0 Å². The Morgan fingerprint density at radius 3 is 1.27 bits per heavy atom. The molecule has 6 aromatic rings. The third-order valence-corrected chi connectivity index (χ3v) is 7.72. The van der Waals surface area contributed by atoms with Crippen molar-refractivity contribution in [3.8, 4) is 34.1 Å². The van der Waals surface area contributed by atoms with Crippen LogP contribution in [0.25, 0.3) is 32.7 Å². The van der Waals surface area contributed by atoms with Crippen molar-refractivity contribution in [1.82, 2.24) is 0 Å². The number of fused-ring (bicyclic) bond motifs is 4. The largest absolute Gasteiger partial charge is 0.457 e. The maximum absolute atomic E-state index is 12.3. The van der Waals surface area contributed by atoms with Crippen molar-refractivity contribution in [3.63, 3.8) is 0 Å². The predicted molar refractivity (Wildman–Crippen MR) is 159 cm³/mol. The fraction of sp³-hybridized carbons (Fsp3) is 0. The van der Waals surface area contributed by atoms with Crippen LogP contribution in [0.1, 0.15) is 41.4 Å². The molecule has 44 heavy (non-hydrogen) atoms. The van der Waals surface area contributed by atoms with Gasteiger partial charge in [-0.2, -0.15) is 0 Å². The molecule has 210 valence electrons. The van der Waals surface area contributed by atoms with Gasteiger partial charge in [-0.1, -0.05) is 60.7 Å². The van der Waals surface area contributed by atoms with Crippen LogP contribution in [-0.2, 0) is 9.47 Å². The van der Waals surface area contributed by atoms with Gasteiger partial charge in [0.25, 0.3) is 0 Å². The van der Waals surface area contributed by atoms with Crippen molar-refractivity contribution in [2.24, 2.45) is 0 Å². The first-order valence-electron chi connectivity index (χ1n) is 13.7. The second kappa shape index (κ2) is 9.64. The smallest absolute Gasteiger partial charge is 0.347 e. The second-order valence-corrected chi connectivity index (χ2v) is 10.3. The van der Waals surface area contributed by atoms with Crippen LogP contribution in [0.4, 0.5) is 0 Å². The Balaban J connectivity index is 1.33. The number of hydrogen-bond acceptors (Lipinski definition) is 8. The lowest BCUT2D eigenvalue weighted by Crippen LogP contribution is -1.97. The molecule has 0 bridgehead atoms. The van der Waals surface area contributed by atoms with Gasteiger partial charge >= 0.3 is 23.9 Å². The highest BCUT2D eigenvalue weighted by Gasteiger charge is 2.31. The monoisotopic (exact) mass is 578 g/mol. The summed E-state index contributed by atoms with van der Waals surface area (Å²) in [6, 6.07) is 32.5. The standard InChI is InChI=1S/C36H18O8/c37-33-25-13-11-21(17-27(25)35(39)43-33)41-29-15-9-19-5-1-3-7-23(19)31(29)32-24-8-4-2-6-20(24)10-16-30(32)42-22-12-14-26-28(18-22)36(40)44-34(26)38/h1-18H. The molecule has 0 radical (unpaired) electrons. The highest BCUT2D eigenvalue weighted by molar-refractivity contribution is 6.16. The van der Waals surface area contributed by atoms with Gasteiger partial charge in [0.2, 0.25) is 0 Å². The minimum absolute atomic E-state index is 0.137. The molecule has 8 rings (SSSR count). The van der Waals surface area contributed by atoms with Crippen LogP contribution in [0.15, 0.2) is 109 Å². The zero-order valence-corrected chi connectivity index (χ0v) is 22.7. The normalized spacial score (nSPS) is 13.5. The Labute approximate surface area is 249 Å². The van der Waals surface area contributed by atoms with E-state index in [2.05, 4.69) is 0 Å². The number of esters is 4. The molecule has 0 unspecified atom stereocenters. The average Bonchev–Trinajstić information content (AvgIpc) is 3.49. The SMILES string of the molecule is O=C1OC(=O)c2cc(Oc3ccc4ccccc4c3-c3c(Oc4ccc5c(c4)C(=O)OC5=O)ccc4ccccc34)ccc21. The van der Waals surface area contributed by atoms with Crippen molar-refractivity contribution in [2.45, 2.75) is 0 Å². The molecule has 2 aliphatic rings. The van der Waals surface area contributed by atoms with E-state index < -0.39 is 23.9 Å². The summed E-state index contributed by atoms with van der Waals surface area (Å²) in [7, 11) is 0. The molecule has 8 heteroatoms. The molecule has 2 aliphatic heterocycles. The van der Waals surface area contributed by atoms with Crippen LogP contribution < -0.4 is 9.47 Å². The summed E-state index contributed by atoms with van der Waals surface area (Å²) in [6.45, 7) is 0. The number of carbonyl (C=O) groups is 4. The van der Waals surface area contributed by atoms with Crippen LogP contribution in [0.2, 0.25) is 0 Å². The third-order valence-electron chi connectivity index (χ3n) is 7.72. The minimum Gasteiger partial charge on any atom is -0.457 e. The van der Waals surface area contributed by atoms with Gasteiger partial charge in [-0.05, 0) is 70.1 Å². The second-order valence-electron chi connectivity index (χ2n) is 10.3. The Hall–Kier alpha value is -6.28. The van der Waals surface area contributed by atoms with E-state index in [0.717, 1.165) is 32.7 Å². The molecule has 0 spiro atoms. The third kappa shape index (κ3) is 4.00. The molecule has 0 atom stereocenters. The topological polar surface area (TPSA) is 105 Å². The highest BCUT2D eigenvalue weighted by Crippen LogP contribution is 2.48. The van der Waals surface area contributed by atoms with E-state index in [9.17, 15) is 19.2 Å². The lowest BCUT2D eigenvalue weighted by molar-refractivity contribution is 0.0425. The molecule has 0 saturated heterocycles. The molecule has 0 amide bonds. The summed E-state index contributed by atoms with van der Waals surface area (Å²) in [6.07, 6.45) is 0. The molecule has 2 heterocycles. The first-order valence-corrected chi connectivity index (χ1v) is 13.7. The fourth-order valence-corrected chi connectivity index (χ4v) is 5.70. The summed E-state index contributed by atoms with van der Waals surface area (Å²) in [5.74, 6) is -1.18. The fourth-order valence-electron chi connectivity index (χ4n) is 5.70. The number of carbonyl (C=O) groups excluding carboxylic acids is 4.